The van der Waals surface area contributed by atoms with Crippen LogP contribution in [0.1, 0.15) is 70.7 Å². The number of carbonyl (C=O) groups excluding carboxylic acids is 1. The molecule has 2 unspecified atom stereocenters. The summed E-state index contributed by atoms with van der Waals surface area (Å²) < 4.78 is 7.94. The maximum atomic E-state index is 12.4. The smallest absolute Gasteiger partial charge is 0.870 e. The Kier molecular flexibility index (Phi) is 21.6. The Balaban J connectivity index is 0. The number of hydrogen-bond acceptors (Lipinski definition) is 8. The van der Waals surface area contributed by atoms with Crippen molar-refractivity contribution in [2.24, 2.45) is 11.8 Å². The van der Waals surface area contributed by atoms with E-state index in [1.54, 1.807) is 31.5 Å². The third kappa shape index (κ3) is 15.9. The van der Waals surface area contributed by atoms with Gasteiger partial charge in [0.2, 0.25) is 0 Å². The van der Waals surface area contributed by atoms with Crippen molar-refractivity contribution in [2.75, 3.05) is 47.9 Å². The molecule has 0 aliphatic rings. The molecule has 0 amide bonds. The fraction of sp³-hybridized carbons (Fsp3) is 0.625. The first-order chi connectivity index (χ1) is 19.7. The van der Waals surface area contributed by atoms with Gasteiger partial charge >= 0.3 is 30.8 Å². The largest absolute Gasteiger partial charge is 1.00 e. The van der Waals surface area contributed by atoms with E-state index in [-0.39, 0.29) is 47.3 Å². The summed E-state index contributed by atoms with van der Waals surface area (Å²) in [4.78, 5) is 52.0. The van der Waals surface area contributed by atoms with E-state index in [1.807, 2.05) is 72.9 Å². The number of carboxylic acids is 1. The van der Waals surface area contributed by atoms with Gasteiger partial charge in [-0.15, -0.1) is 0 Å². The standard InChI is InChI=1S/C17H28N2O3.C15H24N2O3.Li.H2O/c1-6-22-17(21)15(11-13(2)3)19-10-8-14(12-16(19)20)7-9-18(4)5;1-11(2)9-13(15(19)20)17-8-6-12(10-14(17)18)5-7-16(3)4;;/h8,10,12-13,15H,6-7,9,11H2,1-5H3;6,8,10-11,13H,5,7,9H2,1-4H3,(H,19,20);;1H2/q;;+1;/p-1. The summed E-state index contributed by atoms with van der Waals surface area (Å²) in [5, 5.41) is 9.28. The molecule has 244 valence electrons. The SMILES string of the molecule is CC(C)CC(C(=O)O)n1ccc(CCN(C)C)cc1=O.CCOC(=O)C(CC(C)C)n1ccc(CCN(C)C)cc1=O.[Li+].[OH-]. The Morgan fingerprint density at radius 2 is 1.18 bits per heavy atom. The Morgan fingerprint density at radius 1 is 0.795 bits per heavy atom. The van der Waals surface area contributed by atoms with Crippen LogP contribution in [0.2, 0.25) is 0 Å². The van der Waals surface area contributed by atoms with Gasteiger partial charge < -0.3 is 34.3 Å². The molecule has 44 heavy (non-hydrogen) atoms. The van der Waals surface area contributed by atoms with Crippen molar-refractivity contribution < 1.29 is 43.8 Å². The van der Waals surface area contributed by atoms with Crippen LogP contribution in [-0.4, -0.2) is 89.3 Å². The van der Waals surface area contributed by atoms with E-state index in [4.69, 9.17) is 4.74 Å². The summed E-state index contributed by atoms with van der Waals surface area (Å²) in [7, 11) is 7.95. The van der Waals surface area contributed by atoms with Gasteiger partial charge in [-0.3, -0.25) is 9.59 Å². The first kappa shape index (κ1) is 43.4. The zero-order chi connectivity index (χ0) is 32.0. The second-order valence-corrected chi connectivity index (χ2v) is 12.0. The summed E-state index contributed by atoms with van der Waals surface area (Å²) in [6, 6.07) is 5.58. The molecule has 0 saturated carbocycles. The molecule has 11 nitrogen and oxygen atoms in total. The number of likely N-dealkylation sites (N-methyl/N-ethyl adjacent to an activating group) is 2. The number of nitrogens with zero attached hydrogens (tertiary/aromatic N) is 4. The van der Waals surface area contributed by atoms with Gasteiger partial charge in [-0.1, -0.05) is 27.7 Å². The summed E-state index contributed by atoms with van der Waals surface area (Å²) in [6.07, 6.45) is 5.97. The van der Waals surface area contributed by atoms with E-state index in [0.29, 0.717) is 25.4 Å². The molecule has 2 aromatic rings. The van der Waals surface area contributed by atoms with Gasteiger partial charge in [0.25, 0.3) is 11.1 Å². The van der Waals surface area contributed by atoms with E-state index < -0.39 is 18.1 Å². The second kappa shape index (κ2) is 21.9. The average Bonchev–Trinajstić information content (AvgIpc) is 2.88. The summed E-state index contributed by atoms with van der Waals surface area (Å²) in [5.41, 5.74) is 1.54. The Hall–Kier alpha value is -2.68. The molecule has 0 saturated heterocycles. The molecular formula is C32H53LiN4O7. The maximum absolute atomic E-state index is 12.4. The van der Waals surface area contributed by atoms with Gasteiger partial charge in [-0.2, -0.15) is 0 Å². The predicted octanol–water partition coefficient (Wildman–Crippen LogP) is 0.554. The van der Waals surface area contributed by atoms with Crippen molar-refractivity contribution in [2.45, 2.75) is 72.4 Å². The number of esters is 1. The average molecular weight is 613 g/mol. The zero-order valence-corrected chi connectivity index (χ0v) is 28.4. The Bertz CT molecular complexity index is 1240. The Labute approximate surface area is 274 Å². The van der Waals surface area contributed by atoms with Crippen molar-refractivity contribution >= 4 is 11.9 Å². The topological polar surface area (TPSA) is 144 Å². The van der Waals surface area contributed by atoms with Gasteiger partial charge in [0, 0.05) is 37.6 Å². The first-order valence-electron chi connectivity index (χ1n) is 14.8. The fourth-order valence-electron chi connectivity index (χ4n) is 4.38. The van der Waals surface area contributed by atoms with Crippen LogP contribution in [0.3, 0.4) is 0 Å². The number of hydrogen-bond donors (Lipinski definition) is 1. The van der Waals surface area contributed by atoms with Crippen molar-refractivity contribution in [1.29, 1.82) is 0 Å². The van der Waals surface area contributed by atoms with Crippen LogP contribution in [0.5, 0.6) is 0 Å². The minimum absolute atomic E-state index is 0. The quantitative estimate of drug-likeness (QED) is 0.225. The van der Waals surface area contributed by atoms with Crippen LogP contribution >= 0.6 is 0 Å². The molecule has 0 fully saturated rings. The molecule has 2 N–H and O–H groups in total. The fourth-order valence-corrected chi connectivity index (χ4v) is 4.38. The summed E-state index contributed by atoms with van der Waals surface area (Å²) >= 11 is 0. The molecule has 0 aromatic carbocycles. The number of pyridine rings is 2. The first-order valence-corrected chi connectivity index (χ1v) is 14.8. The molecule has 2 atom stereocenters. The summed E-state index contributed by atoms with van der Waals surface area (Å²) in [6.45, 7) is 11.8. The predicted molar refractivity (Wildman–Crippen MR) is 169 cm³/mol. The number of aromatic nitrogens is 2. The number of aliphatic carboxylic acids is 1. The minimum atomic E-state index is -0.957. The monoisotopic (exact) mass is 612 g/mol. The molecule has 0 radical (unpaired) electrons. The molecule has 0 aliphatic heterocycles. The molecule has 2 rings (SSSR count). The van der Waals surface area contributed by atoms with Crippen LogP contribution in [-0.2, 0) is 27.2 Å². The number of rotatable bonds is 15. The van der Waals surface area contributed by atoms with Crippen LogP contribution in [0.25, 0.3) is 0 Å². The van der Waals surface area contributed by atoms with Gasteiger partial charge in [0.05, 0.1) is 6.61 Å². The molecular weight excluding hydrogens is 559 g/mol. The zero-order valence-electron chi connectivity index (χ0n) is 28.4. The normalized spacial score (nSPS) is 12.2. The maximum Gasteiger partial charge on any atom is 1.00 e. The minimum Gasteiger partial charge on any atom is -0.870 e. The van der Waals surface area contributed by atoms with Crippen molar-refractivity contribution in [1.82, 2.24) is 18.9 Å². The van der Waals surface area contributed by atoms with Crippen LogP contribution in [0.4, 0.5) is 0 Å². The number of carboxylic acid groups (broad SMARTS) is 1. The van der Waals surface area contributed by atoms with E-state index in [2.05, 4.69) is 4.90 Å². The van der Waals surface area contributed by atoms with Crippen LogP contribution in [0, 0.1) is 11.8 Å². The van der Waals surface area contributed by atoms with E-state index in [1.165, 1.54) is 9.13 Å². The van der Waals surface area contributed by atoms with Crippen molar-refractivity contribution in [3.05, 3.63) is 68.5 Å². The summed E-state index contributed by atoms with van der Waals surface area (Å²) in [5.74, 6) is -0.771. The van der Waals surface area contributed by atoms with Gasteiger partial charge in [0.15, 0.2) is 0 Å². The molecule has 0 aliphatic carbocycles. The van der Waals surface area contributed by atoms with E-state index in [9.17, 15) is 24.3 Å². The Morgan fingerprint density at radius 3 is 1.50 bits per heavy atom. The number of carbonyl (C=O) groups is 2. The van der Waals surface area contributed by atoms with Crippen molar-refractivity contribution in [3.8, 4) is 0 Å². The van der Waals surface area contributed by atoms with Crippen LogP contribution < -0.4 is 30.0 Å². The number of ether oxygens (including phenoxy) is 1. The van der Waals surface area contributed by atoms with E-state index >= 15 is 0 Å². The molecule has 12 heteroatoms. The van der Waals surface area contributed by atoms with Gasteiger partial charge in [0.1, 0.15) is 12.1 Å². The third-order valence-corrected chi connectivity index (χ3v) is 6.63. The molecule has 0 bridgehead atoms. The molecule has 0 spiro atoms. The molecule has 2 heterocycles. The van der Waals surface area contributed by atoms with Crippen molar-refractivity contribution in [3.63, 3.8) is 0 Å². The van der Waals surface area contributed by atoms with Gasteiger partial charge in [-0.05, 0) is 95.9 Å². The van der Waals surface area contributed by atoms with E-state index in [0.717, 1.165) is 37.1 Å². The van der Waals surface area contributed by atoms with Gasteiger partial charge in [-0.25, -0.2) is 9.59 Å². The second-order valence-electron chi connectivity index (χ2n) is 12.0. The third-order valence-electron chi connectivity index (χ3n) is 6.63. The van der Waals surface area contributed by atoms with Crippen LogP contribution in [0.15, 0.2) is 46.2 Å². The molecule has 2 aromatic heterocycles.